The van der Waals surface area contributed by atoms with E-state index in [1.807, 2.05) is 13.8 Å². The van der Waals surface area contributed by atoms with Crippen LogP contribution in [0.5, 0.6) is 0 Å². The van der Waals surface area contributed by atoms with E-state index >= 15 is 0 Å². The maximum Gasteiger partial charge on any atom is 0.163 e. The molecular weight excluding hydrogens is 180 g/mol. The van der Waals surface area contributed by atoms with Crippen molar-refractivity contribution in [3.63, 3.8) is 0 Å². The van der Waals surface area contributed by atoms with Crippen molar-refractivity contribution in [2.75, 3.05) is 6.61 Å². The number of rotatable bonds is 3. The Morgan fingerprint density at radius 3 is 2.57 bits per heavy atom. The van der Waals surface area contributed by atoms with E-state index in [2.05, 4.69) is 6.92 Å². The highest BCUT2D eigenvalue weighted by atomic mass is 16.7. The standard InChI is InChI=1S/C11H20O3/c1-4-8-5-11(8,12)6-9-7-13-10(2,3)14-9/h8-9,12H,4-7H2,1-3H3. The minimum absolute atomic E-state index is 0.0755. The van der Waals surface area contributed by atoms with Crippen LogP contribution in [-0.2, 0) is 9.47 Å². The first-order valence-corrected chi connectivity index (χ1v) is 5.49. The van der Waals surface area contributed by atoms with Gasteiger partial charge in [0.2, 0.25) is 0 Å². The van der Waals surface area contributed by atoms with E-state index in [-0.39, 0.29) is 6.10 Å². The van der Waals surface area contributed by atoms with E-state index in [1.165, 1.54) is 0 Å². The molecule has 3 unspecified atom stereocenters. The second-order valence-electron chi connectivity index (χ2n) is 5.07. The average Bonchev–Trinajstić information content (AvgIpc) is 2.60. The molecule has 1 saturated carbocycles. The van der Waals surface area contributed by atoms with Gasteiger partial charge in [-0.15, -0.1) is 0 Å². The first-order valence-electron chi connectivity index (χ1n) is 5.49. The van der Waals surface area contributed by atoms with Crippen LogP contribution in [0.2, 0.25) is 0 Å². The molecule has 14 heavy (non-hydrogen) atoms. The Bertz CT molecular complexity index is 227. The van der Waals surface area contributed by atoms with E-state index in [0.29, 0.717) is 12.5 Å². The molecule has 0 radical (unpaired) electrons. The largest absolute Gasteiger partial charge is 0.389 e. The molecule has 3 heteroatoms. The molecule has 1 N–H and O–H groups in total. The van der Waals surface area contributed by atoms with Crippen LogP contribution in [0.4, 0.5) is 0 Å². The van der Waals surface area contributed by atoms with Crippen molar-refractivity contribution in [1.29, 1.82) is 0 Å². The minimum atomic E-state index is -0.461. The van der Waals surface area contributed by atoms with Gasteiger partial charge in [0.25, 0.3) is 0 Å². The average molecular weight is 200 g/mol. The maximum atomic E-state index is 10.1. The molecule has 0 aromatic heterocycles. The summed E-state index contributed by atoms with van der Waals surface area (Å²) in [5.41, 5.74) is -0.455. The van der Waals surface area contributed by atoms with Gasteiger partial charge in [0.05, 0.1) is 18.3 Å². The first-order chi connectivity index (χ1) is 6.45. The smallest absolute Gasteiger partial charge is 0.163 e. The molecule has 2 rings (SSSR count). The van der Waals surface area contributed by atoms with Crippen molar-refractivity contribution in [3.8, 4) is 0 Å². The highest BCUT2D eigenvalue weighted by Crippen LogP contribution is 2.49. The number of aliphatic hydroxyl groups is 1. The number of hydrogen-bond donors (Lipinski definition) is 1. The van der Waals surface area contributed by atoms with Gasteiger partial charge in [0, 0.05) is 6.42 Å². The quantitative estimate of drug-likeness (QED) is 0.753. The predicted octanol–water partition coefficient (Wildman–Crippen LogP) is 1.69. The summed E-state index contributed by atoms with van der Waals surface area (Å²) in [6, 6.07) is 0. The molecule has 0 amide bonds. The van der Waals surface area contributed by atoms with E-state index < -0.39 is 11.4 Å². The zero-order valence-electron chi connectivity index (χ0n) is 9.25. The lowest BCUT2D eigenvalue weighted by Gasteiger charge is -2.19. The Morgan fingerprint density at radius 2 is 2.14 bits per heavy atom. The lowest BCUT2D eigenvalue weighted by atomic mass is 10.1. The van der Waals surface area contributed by atoms with Crippen LogP contribution in [0, 0.1) is 5.92 Å². The Morgan fingerprint density at radius 1 is 1.43 bits per heavy atom. The van der Waals surface area contributed by atoms with E-state index in [1.54, 1.807) is 0 Å². The van der Waals surface area contributed by atoms with Crippen LogP contribution in [0.15, 0.2) is 0 Å². The van der Waals surface area contributed by atoms with Gasteiger partial charge in [-0.1, -0.05) is 13.3 Å². The molecule has 0 bridgehead atoms. The predicted molar refractivity (Wildman–Crippen MR) is 52.9 cm³/mol. The van der Waals surface area contributed by atoms with Crippen LogP contribution in [-0.4, -0.2) is 29.2 Å². The highest BCUT2D eigenvalue weighted by Gasteiger charge is 2.53. The Hall–Kier alpha value is -0.120. The fourth-order valence-electron chi connectivity index (χ4n) is 2.40. The molecule has 1 heterocycles. The lowest BCUT2D eigenvalue weighted by Crippen LogP contribution is -2.25. The van der Waals surface area contributed by atoms with Crippen LogP contribution in [0.1, 0.15) is 40.0 Å². The third kappa shape index (κ3) is 1.95. The molecule has 2 aliphatic rings. The van der Waals surface area contributed by atoms with Gasteiger partial charge in [-0.2, -0.15) is 0 Å². The van der Waals surface area contributed by atoms with Gasteiger partial charge in [0.15, 0.2) is 5.79 Å². The van der Waals surface area contributed by atoms with Crippen molar-refractivity contribution >= 4 is 0 Å². The van der Waals surface area contributed by atoms with Crippen molar-refractivity contribution in [2.45, 2.75) is 57.5 Å². The zero-order valence-corrected chi connectivity index (χ0v) is 9.25. The molecular formula is C11H20O3. The molecule has 1 aliphatic carbocycles. The summed E-state index contributed by atoms with van der Waals surface area (Å²) < 4.78 is 11.1. The topological polar surface area (TPSA) is 38.7 Å². The summed E-state index contributed by atoms with van der Waals surface area (Å²) in [4.78, 5) is 0. The molecule has 1 aliphatic heterocycles. The second-order valence-corrected chi connectivity index (χ2v) is 5.07. The van der Waals surface area contributed by atoms with Gasteiger partial charge in [-0.05, 0) is 26.2 Å². The number of hydrogen-bond acceptors (Lipinski definition) is 3. The highest BCUT2D eigenvalue weighted by molar-refractivity contribution is 5.04. The van der Waals surface area contributed by atoms with Gasteiger partial charge in [0.1, 0.15) is 0 Å². The summed E-state index contributed by atoms with van der Waals surface area (Å²) in [5, 5.41) is 10.1. The summed E-state index contributed by atoms with van der Waals surface area (Å²) >= 11 is 0. The molecule has 1 saturated heterocycles. The van der Waals surface area contributed by atoms with Crippen molar-refractivity contribution in [1.82, 2.24) is 0 Å². The zero-order chi connectivity index (χ0) is 10.4. The summed E-state index contributed by atoms with van der Waals surface area (Å²) in [5.74, 6) is 0.0206. The molecule has 0 aromatic rings. The summed E-state index contributed by atoms with van der Waals surface area (Å²) in [6.45, 7) is 6.58. The molecule has 2 fully saturated rings. The van der Waals surface area contributed by atoms with Crippen LogP contribution in [0.25, 0.3) is 0 Å². The summed E-state index contributed by atoms with van der Waals surface area (Å²) in [6.07, 6.45) is 2.80. The van der Waals surface area contributed by atoms with Gasteiger partial charge in [-0.3, -0.25) is 0 Å². The van der Waals surface area contributed by atoms with Gasteiger partial charge >= 0.3 is 0 Å². The molecule has 0 spiro atoms. The fourth-order valence-corrected chi connectivity index (χ4v) is 2.40. The van der Waals surface area contributed by atoms with Gasteiger partial charge < -0.3 is 14.6 Å². The molecule has 0 aromatic carbocycles. The third-order valence-corrected chi connectivity index (χ3v) is 3.34. The normalized spacial score (nSPS) is 45.4. The van der Waals surface area contributed by atoms with E-state index in [0.717, 1.165) is 19.3 Å². The van der Waals surface area contributed by atoms with E-state index in [4.69, 9.17) is 9.47 Å². The Balaban J connectivity index is 1.83. The van der Waals surface area contributed by atoms with Crippen LogP contribution in [0.3, 0.4) is 0 Å². The molecule has 3 nitrogen and oxygen atoms in total. The lowest BCUT2D eigenvalue weighted by molar-refractivity contribution is -0.142. The van der Waals surface area contributed by atoms with Crippen molar-refractivity contribution in [2.24, 2.45) is 5.92 Å². The van der Waals surface area contributed by atoms with Crippen molar-refractivity contribution < 1.29 is 14.6 Å². The summed E-state index contributed by atoms with van der Waals surface area (Å²) in [7, 11) is 0. The maximum absolute atomic E-state index is 10.1. The SMILES string of the molecule is CCC1CC1(O)CC1COC(C)(C)O1. The monoisotopic (exact) mass is 200 g/mol. The first kappa shape index (κ1) is 10.4. The molecule has 3 atom stereocenters. The minimum Gasteiger partial charge on any atom is -0.389 e. The Kier molecular flexibility index (Phi) is 2.37. The van der Waals surface area contributed by atoms with Crippen LogP contribution >= 0.6 is 0 Å². The van der Waals surface area contributed by atoms with Crippen LogP contribution < -0.4 is 0 Å². The third-order valence-electron chi connectivity index (χ3n) is 3.34. The number of ether oxygens (including phenoxy) is 2. The second kappa shape index (κ2) is 3.19. The Labute approximate surface area is 85.4 Å². The molecule has 82 valence electrons. The fraction of sp³-hybridized carbons (Fsp3) is 1.00. The van der Waals surface area contributed by atoms with E-state index in [9.17, 15) is 5.11 Å². The van der Waals surface area contributed by atoms with Crippen molar-refractivity contribution in [3.05, 3.63) is 0 Å². The van der Waals surface area contributed by atoms with Gasteiger partial charge in [-0.25, -0.2) is 0 Å².